The normalized spacial score (nSPS) is 11.8. The van der Waals surface area contributed by atoms with Gasteiger partial charge in [0.15, 0.2) is 0 Å². The SMILES string of the molecule is CCS(=O)(=O)Nc1ccc(-c2nn(COCC[Si](C)(C)C)c(Nc3cnccn3)c2C(N)=O)c(OCc2ccc(F)cc2)c1. The number of ether oxygens (including phenoxy) is 2. The number of primary amides is 1. The molecule has 15 heteroatoms. The number of carbonyl (C=O) groups is 1. The van der Waals surface area contributed by atoms with Gasteiger partial charge in [0.2, 0.25) is 10.0 Å². The number of nitrogens with two attached hydrogens (primary N) is 1. The Morgan fingerprint density at radius 3 is 2.50 bits per heavy atom. The monoisotopic (exact) mass is 641 g/mol. The van der Waals surface area contributed by atoms with Gasteiger partial charge in [0.25, 0.3) is 5.91 Å². The van der Waals surface area contributed by atoms with Crippen LogP contribution in [0.15, 0.2) is 61.1 Å². The van der Waals surface area contributed by atoms with E-state index >= 15 is 0 Å². The Labute approximate surface area is 256 Å². The maximum absolute atomic E-state index is 13.5. The second-order valence-corrected chi connectivity index (χ2v) is 18.8. The van der Waals surface area contributed by atoms with E-state index in [1.807, 2.05) is 0 Å². The number of aromatic nitrogens is 4. The van der Waals surface area contributed by atoms with E-state index in [9.17, 15) is 17.6 Å². The fraction of sp³-hybridized carbons (Fsp3) is 0.310. The number of nitrogens with one attached hydrogen (secondary N) is 2. The summed E-state index contributed by atoms with van der Waals surface area (Å²) in [6.45, 7) is 8.78. The molecule has 0 unspecified atom stereocenters. The zero-order valence-corrected chi connectivity index (χ0v) is 26.8. The molecule has 0 aliphatic heterocycles. The maximum atomic E-state index is 13.5. The van der Waals surface area contributed by atoms with Gasteiger partial charge >= 0.3 is 0 Å². The van der Waals surface area contributed by atoms with Gasteiger partial charge in [0, 0.05) is 38.7 Å². The van der Waals surface area contributed by atoms with Gasteiger partial charge in [-0.3, -0.25) is 14.5 Å². The highest BCUT2D eigenvalue weighted by Crippen LogP contribution is 2.38. The molecule has 234 valence electrons. The van der Waals surface area contributed by atoms with E-state index < -0.39 is 29.8 Å². The van der Waals surface area contributed by atoms with Crippen molar-refractivity contribution >= 4 is 41.3 Å². The van der Waals surface area contributed by atoms with Crippen LogP contribution in [-0.4, -0.2) is 54.5 Å². The summed E-state index contributed by atoms with van der Waals surface area (Å²) in [5.41, 5.74) is 7.41. The average molecular weight is 642 g/mol. The predicted octanol–water partition coefficient (Wildman–Crippen LogP) is 4.97. The zero-order valence-electron chi connectivity index (χ0n) is 25.0. The van der Waals surface area contributed by atoms with Crippen molar-refractivity contribution in [3.8, 4) is 17.0 Å². The highest BCUT2D eigenvalue weighted by atomic mass is 32.2. The summed E-state index contributed by atoms with van der Waals surface area (Å²) in [6.07, 6.45) is 4.50. The Bertz CT molecular complexity index is 1700. The smallest absolute Gasteiger partial charge is 0.254 e. The number of halogens is 1. The van der Waals surface area contributed by atoms with E-state index in [1.165, 1.54) is 54.5 Å². The van der Waals surface area contributed by atoms with Crippen LogP contribution in [0.4, 0.5) is 21.7 Å². The minimum atomic E-state index is -3.60. The highest BCUT2D eigenvalue weighted by Gasteiger charge is 2.27. The van der Waals surface area contributed by atoms with Crippen molar-refractivity contribution < 1.29 is 27.1 Å². The molecule has 4 aromatic rings. The minimum Gasteiger partial charge on any atom is -0.488 e. The third kappa shape index (κ3) is 8.84. The summed E-state index contributed by atoms with van der Waals surface area (Å²) in [5, 5.41) is 7.79. The van der Waals surface area contributed by atoms with Gasteiger partial charge in [-0.1, -0.05) is 31.8 Å². The lowest BCUT2D eigenvalue weighted by atomic mass is 10.0. The average Bonchev–Trinajstić information content (AvgIpc) is 3.32. The first-order valence-corrected chi connectivity index (χ1v) is 19.2. The molecule has 0 atom stereocenters. The number of carbonyl (C=O) groups excluding carboxylic acids is 1. The van der Waals surface area contributed by atoms with E-state index in [1.54, 1.807) is 18.2 Å². The van der Waals surface area contributed by atoms with Gasteiger partial charge < -0.3 is 20.5 Å². The lowest BCUT2D eigenvalue weighted by Gasteiger charge is -2.16. The molecule has 12 nitrogen and oxygen atoms in total. The molecular formula is C29H36FN7O5SSi. The molecule has 0 saturated carbocycles. The van der Waals surface area contributed by atoms with Gasteiger partial charge in [-0.15, -0.1) is 0 Å². The summed E-state index contributed by atoms with van der Waals surface area (Å²) < 4.78 is 54.1. The van der Waals surface area contributed by atoms with E-state index in [2.05, 4.69) is 39.6 Å². The predicted molar refractivity (Wildman–Crippen MR) is 169 cm³/mol. The van der Waals surface area contributed by atoms with Crippen molar-refractivity contribution in [1.29, 1.82) is 0 Å². The van der Waals surface area contributed by atoms with Crippen molar-refractivity contribution in [3.63, 3.8) is 0 Å². The van der Waals surface area contributed by atoms with Crippen LogP contribution in [-0.2, 0) is 28.1 Å². The fourth-order valence-electron chi connectivity index (χ4n) is 4.01. The van der Waals surface area contributed by atoms with Gasteiger partial charge in [-0.2, -0.15) is 5.10 Å². The fourth-order valence-corrected chi connectivity index (χ4v) is 5.40. The summed E-state index contributed by atoms with van der Waals surface area (Å²) in [7, 11) is -4.97. The number of rotatable bonds is 15. The van der Waals surface area contributed by atoms with Crippen LogP contribution in [0.5, 0.6) is 5.75 Å². The number of anilines is 3. The van der Waals surface area contributed by atoms with Crippen LogP contribution in [0.3, 0.4) is 0 Å². The summed E-state index contributed by atoms with van der Waals surface area (Å²) in [5.74, 6) is -0.504. The zero-order chi connectivity index (χ0) is 31.9. The molecule has 0 saturated heterocycles. The van der Waals surface area contributed by atoms with Crippen LogP contribution in [0.25, 0.3) is 11.3 Å². The molecular weight excluding hydrogens is 606 g/mol. The van der Waals surface area contributed by atoms with Crippen molar-refractivity contribution in [2.24, 2.45) is 5.73 Å². The van der Waals surface area contributed by atoms with E-state index in [0.29, 0.717) is 23.6 Å². The molecule has 2 heterocycles. The molecule has 2 aromatic heterocycles. The maximum Gasteiger partial charge on any atom is 0.254 e. The molecule has 2 aromatic carbocycles. The Hall–Kier alpha value is -4.34. The Morgan fingerprint density at radius 2 is 1.86 bits per heavy atom. The first-order valence-electron chi connectivity index (χ1n) is 13.9. The first-order chi connectivity index (χ1) is 20.8. The molecule has 0 aliphatic carbocycles. The molecule has 4 rings (SSSR count). The Balaban J connectivity index is 1.80. The molecule has 44 heavy (non-hydrogen) atoms. The summed E-state index contributed by atoms with van der Waals surface area (Å²) in [6, 6.07) is 11.3. The van der Waals surface area contributed by atoms with Crippen molar-refractivity contribution in [3.05, 3.63) is 78.0 Å². The number of hydrogen-bond acceptors (Lipinski definition) is 9. The first kappa shape index (κ1) is 32.6. The van der Waals surface area contributed by atoms with Crippen molar-refractivity contribution in [1.82, 2.24) is 19.7 Å². The lowest BCUT2D eigenvalue weighted by Crippen LogP contribution is -2.22. The topological polar surface area (TPSA) is 163 Å². The van der Waals surface area contributed by atoms with E-state index in [0.717, 1.165) is 6.04 Å². The molecule has 0 spiro atoms. The molecule has 0 fully saturated rings. The number of sulfonamides is 1. The number of hydrogen-bond donors (Lipinski definition) is 3. The van der Waals surface area contributed by atoms with Crippen LogP contribution in [0, 0.1) is 5.82 Å². The van der Waals surface area contributed by atoms with E-state index in [-0.39, 0.29) is 47.6 Å². The summed E-state index contributed by atoms with van der Waals surface area (Å²) in [4.78, 5) is 21.3. The number of amides is 1. The van der Waals surface area contributed by atoms with Crippen LogP contribution in [0.2, 0.25) is 25.7 Å². The van der Waals surface area contributed by atoms with Gasteiger partial charge in [0.1, 0.15) is 47.8 Å². The number of nitrogens with zero attached hydrogens (tertiary/aromatic N) is 4. The second kappa shape index (κ2) is 14.0. The van der Waals surface area contributed by atoms with Crippen molar-refractivity contribution in [2.75, 3.05) is 22.4 Å². The van der Waals surface area contributed by atoms with Crippen LogP contribution in [0.1, 0.15) is 22.8 Å². The number of benzene rings is 2. The Morgan fingerprint density at radius 1 is 1.11 bits per heavy atom. The molecule has 0 aliphatic rings. The minimum absolute atomic E-state index is 0.00745. The van der Waals surface area contributed by atoms with Crippen LogP contribution >= 0.6 is 0 Å². The third-order valence-corrected chi connectivity index (χ3v) is 9.43. The molecule has 4 N–H and O–H groups in total. The third-order valence-electron chi connectivity index (χ3n) is 6.42. The lowest BCUT2D eigenvalue weighted by molar-refractivity contribution is 0.0802. The molecule has 1 amide bonds. The highest BCUT2D eigenvalue weighted by molar-refractivity contribution is 7.92. The largest absolute Gasteiger partial charge is 0.488 e. The standard InChI is InChI=1S/C29H36FN7O5SSi/c1-5-43(39,40)36-22-10-11-23(24(16-22)42-18-20-6-8-21(30)9-7-20)27-26(28(31)38)29(34-25-17-32-12-13-33-25)37(35-27)19-41-14-15-44(2,3)4/h6-13,16-17,36H,5,14-15,18-19H2,1-4H3,(H2,31,38)(H,33,34). The van der Waals surface area contributed by atoms with E-state index in [4.69, 9.17) is 20.3 Å². The molecule has 0 radical (unpaired) electrons. The quantitative estimate of drug-likeness (QED) is 0.120. The molecule has 0 bridgehead atoms. The van der Waals surface area contributed by atoms with Crippen LogP contribution < -0.4 is 20.5 Å². The van der Waals surface area contributed by atoms with Gasteiger partial charge in [0.05, 0.1) is 17.6 Å². The second-order valence-electron chi connectivity index (χ2n) is 11.1. The van der Waals surface area contributed by atoms with Crippen molar-refractivity contribution in [2.45, 2.75) is 45.9 Å². The van der Waals surface area contributed by atoms with Gasteiger partial charge in [-0.25, -0.2) is 22.5 Å². The Kier molecular flexibility index (Phi) is 10.3. The van der Waals surface area contributed by atoms with Gasteiger partial charge in [-0.05, 0) is 42.8 Å². The summed E-state index contributed by atoms with van der Waals surface area (Å²) >= 11 is 0.